The van der Waals surface area contributed by atoms with Crippen molar-refractivity contribution in [3.05, 3.63) is 16.3 Å². The van der Waals surface area contributed by atoms with Crippen molar-refractivity contribution in [2.45, 2.75) is 6.42 Å². The van der Waals surface area contributed by atoms with Gasteiger partial charge in [0.05, 0.1) is 5.69 Å². The zero-order valence-electron chi connectivity index (χ0n) is 8.73. The number of rotatable bonds is 1. The fourth-order valence-corrected chi connectivity index (χ4v) is 2.39. The van der Waals surface area contributed by atoms with Crippen LogP contribution in [-0.2, 0) is 4.79 Å². The molecule has 0 saturated carbocycles. The Morgan fingerprint density at radius 3 is 3.00 bits per heavy atom. The normalized spacial score (nSPS) is 16.8. The molecule has 1 aliphatic heterocycles. The minimum Gasteiger partial charge on any atom is -0.397 e. The Morgan fingerprint density at radius 2 is 2.31 bits per heavy atom. The lowest BCUT2D eigenvalue weighted by Gasteiger charge is -2.18. The van der Waals surface area contributed by atoms with E-state index in [1.807, 2.05) is 0 Å². The summed E-state index contributed by atoms with van der Waals surface area (Å²) in [4.78, 5) is 25.4. The minimum atomic E-state index is -0.0796. The van der Waals surface area contributed by atoms with E-state index in [-0.39, 0.29) is 11.8 Å². The summed E-state index contributed by atoms with van der Waals surface area (Å²) in [5.74, 6) is -0.0848. The van der Waals surface area contributed by atoms with Crippen LogP contribution in [0.4, 0.5) is 5.69 Å². The van der Waals surface area contributed by atoms with Crippen LogP contribution < -0.4 is 11.1 Å². The highest BCUT2D eigenvalue weighted by molar-refractivity contribution is 7.12. The van der Waals surface area contributed by atoms with Crippen molar-refractivity contribution in [2.75, 3.05) is 25.4 Å². The largest absolute Gasteiger partial charge is 0.397 e. The SMILES string of the molecule is Nc1ccsc1C(=O)N1CCNC(=O)CC1. The Labute approximate surface area is 97.2 Å². The van der Waals surface area contributed by atoms with Crippen molar-refractivity contribution in [3.63, 3.8) is 0 Å². The summed E-state index contributed by atoms with van der Waals surface area (Å²) in [7, 11) is 0. The summed E-state index contributed by atoms with van der Waals surface area (Å²) in [5.41, 5.74) is 6.21. The second-order valence-electron chi connectivity index (χ2n) is 3.60. The Kier molecular flexibility index (Phi) is 3.09. The molecular formula is C10H13N3O2S. The fourth-order valence-electron chi connectivity index (χ4n) is 1.61. The molecule has 2 heterocycles. The lowest BCUT2D eigenvalue weighted by atomic mass is 10.3. The number of nitrogens with one attached hydrogen (secondary N) is 1. The van der Waals surface area contributed by atoms with Crippen molar-refractivity contribution in [1.82, 2.24) is 10.2 Å². The van der Waals surface area contributed by atoms with Gasteiger partial charge in [-0.05, 0) is 11.4 Å². The smallest absolute Gasteiger partial charge is 0.266 e. The molecule has 86 valence electrons. The molecule has 0 unspecified atom stereocenters. The molecule has 0 spiro atoms. The van der Waals surface area contributed by atoms with Crippen molar-refractivity contribution < 1.29 is 9.59 Å². The molecule has 0 bridgehead atoms. The van der Waals surface area contributed by atoms with Crippen molar-refractivity contribution in [2.24, 2.45) is 0 Å². The van der Waals surface area contributed by atoms with Gasteiger partial charge in [0.2, 0.25) is 5.91 Å². The number of hydrogen-bond acceptors (Lipinski definition) is 4. The highest BCUT2D eigenvalue weighted by Gasteiger charge is 2.21. The van der Waals surface area contributed by atoms with Gasteiger partial charge < -0.3 is 16.0 Å². The molecule has 6 heteroatoms. The van der Waals surface area contributed by atoms with Crippen LogP contribution in [0.25, 0.3) is 0 Å². The van der Waals surface area contributed by atoms with E-state index in [9.17, 15) is 9.59 Å². The molecule has 0 atom stereocenters. The lowest BCUT2D eigenvalue weighted by Crippen LogP contribution is -2.34. The van der Waals surface area contributed by atoms with Gasteiger partial charge in [-0.15, -0.1) is 11.3 Å². The van der Waals surface area contributed by atoms with Gasteiger partial charge in [-0.1, -0.05) is 0 Å². The fraction of sp³-hybridized carbons (Fsp3) is 0.400. The van der Waals surface area contributed by atoms with E-state index < -0.39 is 0 Å². The summed E-state index contributed by atoms with van der Waals surface area (Å²) in [6.07, 6.45) is 0.358. The maximum atomic E-state index is 12.1. The maximum Gasteiger partial charge on any atom is 0.266 e. The highest BCUT2D eigenvalue weighted by atomic mass is 32.1. The van der Waals surface area contributed by atoms with Crippen LogP contribution in [0.5, 0.6) is 0 Å². The van der Waals surface area contributed by atoms with Crippen molar-refractivity contribution >= 4 is 28.8 Å². The minimum absolute atomic E-state index is 0.00514. The second kappa shape index (κ2) is 4.52. The van der Waals surface area contributed by atoms with Crippen molar-refractivity contribution in [1.29, 1.82) is 0 Å². The average Bonchev–Trinajstić information content (AvgIpc) is 2.56. The highest BCUT2D eigenvalue weighted by Crippen LogP contribution is 2.21. The molecule has 1 fully saturated rings. The molecule has 1 aromatic heterocycles. The molecule has 1 aromatic rings. The molecule has 0 radical (unpaired) electrons. The molecule has 2 rings (SSSR count). The predicted molar refractivity (Wildman–Crippen MR) is 62.3 cm³/mol. The van der Waals surface area contributed by atoms with E-state index in [2.05, 4.69) is 5.32 Å². The van der Waals surface area contributed by atoms with Crippen LogP contribution in [0.3, 0.4) is 0 Å². The number of nitrogens with zero attached hydrogens (tertiary/aromatic N) is 1. The van der Waals surface area contributed by atoms with E-state index >= 15 is 0 Å². The van der Waals surface area contributed by atoms with Gasteiger partial charge in [0, 0.05) is 26.1 Å². The first kappa shape index (κ1) is 10.9. The zero-order valence-corrected chi connectivity index (χ0v) is 9.55. The maximum absolute atomic E-state index is 12.1. The van der Waals surface area contributed by atoms with Gasteiger partial charge in [0.1, 0.15) is 4.88 Å². The van der Waals surface area contributed by atoms with E-state index in [1.54, 1.807) is 16.3 Å². The second-order valence-corrected chi connectivity index (χ2v) is 4.51. The van der Waals surface area contributed by atoms with Crippen LogP contribution in [0, 0.1) is 0 Å². The first-order chi connectivity index (χ1) is 7.68. The predicted octanol–water partition coefficient (Wildman–Crippen LogP) is 0.292. The molecule has 0 aromatic carbocycles. The molecule has 1 saturated heterocycles. The van der Waals surface area contributed by atoms with Crippen LogP contribution in [0.1, 0.15) is 16.1 Å². The first-order valence-electron chi connectivity index (χ1n) is 5.07. The van der Waals surface area contributed by atoms with Crippen molar-refractivity contribution in [3.8, 4) is 0 Å². The van der Waals surface area contributed by atoms with Gasteiger partial charge in [-0.3, -0.25) is 9.59 Å². The number of carbonyl (C=O) groups excluding carboxylic acids is 2. The molecule has 3 N–H and O–H groups in total. The molecule has 16 heavy (non-hydrogen) atoms. The number of hydrogen-bond donors (Lipinski definition) is 2. The third-order valence-electron chi connectivity index (χ3n) is 2.49. The number of amides is 2. The Balaban J connectivity index is 2.10. The van der Waals surface area contributed by atoms with Gasteiger partial charge in [0.15, 0.2) is 0 Å². The zero-order chi connectivity index (χ0) is 11.5. The van der Waals surface area contributed by atoms with Gasteiger partial charge in [-0.25, -0.2) is 0 Å². The standard InChI is InChI=1S/C10H13N3O2S/c11-7-2-6-16-9(7)10(15)13-4-1-8(14)12-3-5-13/h2,6H,1,3-5,11H2,(H,12,14). The molecule has 2 amide bonds. The van der Waals surface area contributed by atoms with Gasteiger partial charge >= 0.3 is 0 Å². The topological polar surface area (TPSA) is 75.4 Å². The summed E-state index contributed by atoms with van der Waals surface area (Å²) < 4.78 is 0. The van der Waals surface area contributed by atoms with E-state index in [4.69, 9.17) is 5.73 Å². The van der Waals surface area contributed by atoms with Gasteiger partial charge in [0.25, 0.3) is 5.91 Å². The summed E-state index contributed by atoms with van der Waals surface area (Å²) in [6, 6.07) is 1.72. The Bertz CT molecular complexity index is 416. The van der Waals surface area contributed by atoms with Gasteiger partial charge in [-0.2, -0.15) is 0 Å². The Hall–Kier alpha value is -1.56. The number of nitrogens with two attached hydrogens (primary N) is 1. The third-order valence-corrected chi connectivity index (χ3v) is 3.41. The van der Waals surface area contributed by atoms with Crippen LogP contribution in [-0.4, -0.2) is 36.3 Å². The van der Waals surface area contributed by atoms with Crippen LogP contribution in [0.15, 0.2) is 11.4 Å². The van der Waals surface area contributed by atoms with Crippen LogP contribution in [0.2, 0.25) is 0 Å². The average molecular weight is 239 g/mol. The molecule has 0 aliphatic carbocycles. The van der Waals surface area contributed by atoms with E-state index in [0.29, 0.717) is 36.6 Å². The molecular weight excluding hydrogens is 226 g/mol. The Morgan fingerprint density at radius 1 is 1.50 bits per heavy atom. The monoisotopic (exact) mass is 239 g/mol. The quantitative estimate of drug-likeness (QED) is 0.739. The summed E-state index contributed by atoms with van der Waals surface area (Å²) in [5, 5.41) is 4.52. The third kappa shape index (κ3) is 2.16. The molecule has 1 aliphatic rings. The number of anilines is 1. The summed E-state index contributed by atoms with van der Waals surface area (Å²) in [6.45, 7) is 1.51. The van der Waals surface area contributed by atoms with Crippen LogP contribution >= 0.6 is 11.3 Å². The van der Waals surface area contributed by atoms with E-state index in [1.165, 1.54) is 11.3 Å². The lowest BCUT2D eigenvalue weighted by molar-refractivity contribution is -0.120. The number of carbonyl (C=O) groups is 2. The number of nitrogen functional groups attached to an aromatic ring is 1. The molecule has 5 nitrogen and oxygen atoms in total. The summed E-state index contributed by atoms with van der Waals surface area (Å²) >= 11 is 1.34. The first-order valence-corrected chi connectivity index (χ1v) is 5.95. The number of thiophene rings is 1. The van der Waals surface area contributed by atoms with E-state index in [0.717, 1.165) is 0 Å².